The lowest BCUT2D eigenvalue weighted by Gasteiger charge is -2.15. The predicted molar refractivity (Wildman–Crippen MR) is 93.5 cm³/mol. The summed E-state index contributed by atoms with van der Waals surface area (Å²) in [6.07, 6.45) is 0.476. The van der Waals surface area contributed by atoms with Crippen LogP contribution in [0.4, 0.5) is 0 Å². The van der Waals surface area contributed by atoms with E-state index < -0.39 is 23.7 Å². The van der Waals surface area contributed by atoms with Gasteiger partial charge in [0.25, 0.3) is 5.91 Å². The normalized spacial score (nSPS) is 11.7. The van der Waals surface area contributed by atoms with Crippen molar-refractivity contribution in [2.24, 2.45) is 11.8 Å². The molecule has 3 N–H and O–H groups in total. The number of amides is 2. The Hall–Kier alpha value is -2.57. The molecule has 7 nitrogen and oxygen atoms in total. The van der Waals surface area contributed by atoms with Crippen molar-refractivity contribution in [3.05, 3.63) is 29.8 Å². The highest BCUT2D eigenvalue weighted by Gasteiger charge is 2.20. The molecule has 0 aliphatic carbocycles. The zero-order chi connectivity index (χ0) is 18.8. The third kappa shape index (κ3) is 7.24. The molecule has 1 unspecified atom stereocenters. The fraction of sp³-hybridized carbons (Fsp3) is 0.500. The average Bonchev–Trinajstić information content (AvgIpc) is 2.56. The first-order valence-corrected chi connectivity index (χ1v) is 8.34. The molecule has 0 fully saturated rings. The van der Waals surface area contributed by atoms with Crippen LogP contribution in [0, 0.1) is 11.8 Å². The van der Waals surface area contributed by atoms with Crippen LogP contribution in [0.2, 0.25) is 0 Å². The Morgan fingerprint density at radius 1 is 1.16 bits per heavy atom. The number of carboxylic acids is 1. The molecule has 0 aliphatic heterocycles. The Balaban J connectivity index is 2.51. The third-order valence-corrected chi connectivity index (χ3v) is 3.49. The first-order valence-electron chi connectivity index (χ1n) is 8.34. The second kappa shape index (κ2) is 10.3. The molecule has 1 aromatic rings. The van der Waals surface area contributed by atoms with Crippen LogP contribution in [0.1, 0.15) is 37.6 Å². The molecule has 2 amide bonds. The summed E-state index contributed by atoms with van der Waals surface area (Å²) < 4.78 is 5.38. The van der Waals surface area contributed by atoms with Gasteiger partial charge in [0, 0.05) is 6.54 Å². The predicted octanol–water partition coefficient (Wildman–Crippen LogP) is 1.68. The molecule has 1 aromatic carbocycles. The average molecular weight is 350 g/mol. The minimum absolute atomic E-state index is 0.0394. The van der Waals surface area contributed by atoms with Crippen molar-refractivity contribution in [3.63, 3.8) is 0 Å². The highest BCUT2D eigenvalue weighted by atomic mass is 16.5. The zero-order valence-corrected chi connectivity index (χ0v) is 14.9. The van der Waals surface area contributed by atoms with Crippen molar-refractivity contribution in [1.29, 1.82) is 0 Å². The maximum atomic E-state index is 12.2. The van der Waals surface area contributed by atoms with E-state index in [1.807, 2.05) is 20.8 Å². The van der Waals surface area contributed by atoms with Gasteiger partial charge in [0.2, 0.25) is 5.91 Å². The lowest BCUT2D eigenvalue weighted by Crippen LogP contribution is -2.40. The van der Waals surface area contributed by atoms with Crippen molar-refractivity contribution >= 4 is 17.8 Å². The third-order valence-electron chi connectivity index (χ3n) is 3.49. The molecule has 0 aromatic heterocycles. The monoisotopic (exact) mass is 350 g/mol. The molecular formula is C18H26N2O5. The van der Waals surface area contributed by atoms with E-state index in [-0.39, 0.29) is 19.0 Å². The van der Waals surface area contributed by atoms with Crippen LogP contribution in [-0.2, 0) is 9.59 Å². The van der Waals surface area contributed by atoms with Crippen molar-refractivity contribution in [1.82, 2.24) is 10.6 Å². The fourth-order valence-corrected chi connectivity index (χ4v) is 2.33. The molecule has 138 valence electrons. The van der Waals surface area contributed by atoms with Gasteiger partial charge in [0.05, 0.1) is 24.6 Å². The van der Waals surface area contributed by atoms with E-state index in [0.717, 1.165) is 0 Å². The molecule has 0 bridgehead atoms. The summed E-state index contributed by atoms with van der Waals surface area (Å²) in [5, 5.41) is 14.2. The molecule has 0 aliphatic rings. The van der Waals surface area contributed by atoms with E-state index in [4.69, 9.17) is 9.84 Å². The van der Waals surface area contributed by atoms with Gasteiger partial charge in [-0.15, -0.1) is 0 Å². The van der Waals surface area contributed by atoms with E-state index in [0.29, 0.717) is 24.3 Å². The van der Waals surface area contributed by atoms with Crippen molar-refractivity contribution < 1.29 is 24.2 Å². The van der Waals surface area contributed by atoms with Gasteiger partial charge < -0.3 is 20.5 Å². The Morgan fingerprint density at radius 2 is 1.84 bits per heavy atom. The molecule has 0 spiro atoms. The molecule has 25 heavy (non-hydrogen) atoms. The quantitative estimate of drug-likeness (QED) is 0.595. The second-order valence-corrected chi connectivity index (χ2v) is 6.08. The number of carbonyl (C=O) groups is 3. The molecule has 0 heterocycles. The number of carbonyl (C=O) groups excluding carboxylic acids is 2. The van der Waals surface area contributed by atoms with Crippen molar-refractivity contribution in [2.45, 2.75) is 27.2 Å². The Bertz CT molecular complexity index is 601. The zero-order valence-electron chi connectivity index (χ0n) is 14.9. The summed E-state index contributed by atoms with van der Waals surface area (Å²) in [4.78, 5) is 35.2. The summed E-state index contributed by atoms with van der Waals surface area (Å²) >= 11 is 0. The minimum Gasteiger partial charge on any atom is -0.493 e. The Morgan fingerprint density at radius 3 is 2.44 bits per heavy atom. The first-order chi connectivity index (χ1) is 11.8. The van der Waals surface area contributed by atoms with Crippen molar-refractivity contribution in [3.8, 4) is 5.75 Å². The standard InChI is InChI=1S/C18H26N2O5/c1-4-25-15-8-6-5-7-14(15)17(22)20-11-16(21)19-10-13(18(23)24)9-12(2)3/h5-8,12-13H,4,9-11H2,1-3H3,(H,19,21)(H,20,22)(H,23,24). The van der Waals surface area contributed by atoms with Crippen LogP contribution in [-0.4, -0.2) is 42.6 Å². The largest absolute Gasteiger partial charge is 0.493 e. The highest BCUT2D eigenvalue weighted by Crippen LogP contribution is 2.17. The number of hydrogen-bond acceptors (Lipinski definition) is 4. The molecule has 0 saturated heterocycles. The lowest BCUT2D eigenvalue weighted by molar-refractivity contribution is -0.142. The van der Waals surface area contributed by atoms with Crippen LogP contribution in [0.3, 0.4) is 0 Å². The Kier molecular flexibility index (Phi) is 8.46. The minimum atomic E-state index is -0.941. The number of carboxylic acid groups (broad SMARTS) is 1. The van der Waals surface area contributed by atoms with E-state index in [1.165, 1.54) is 0 Å². The summed E-state index contributed by atoms with van der Waals surface area (Å²) in [6, 6.07) is 6.76. The molecule has 7 heteroatoms. The number of para-hydroxylation sites is 1. The summed E-state index contributed by atoms with van der Waals surface area (Å²) in [5.41, 5.74) is 0.348. The smallest absolute Gasteiger partial charge is 0.308 e. The number of nitrogens with one attached hydrogen (secondary N) is 2. The van der Waals surface area contributed by atoms with Gasteiger partial charge in [-0.2, -0.15) is 0 Å². The summed E-state index contributed by atoms with van der Waals surface area (Å²) in [7, 11) is 0. The maximum Gasteiger partial charge on any atom is 0.308 e. The number of ether oxygens (including phenoxy) is 1. The molecule has 0 radical (unpaired) electrons. The second-order valence-electron chi connectivity index (χ2n) is 6.08. The van der Waals surface area contributed by atoms with Gasteiger partial charge in [0.1, 0.15) is 5.75 Å². The van der Waals surface area contributed by atoms with Gasteiger partial charge in [-0.1, -0.05) is 26.0 Å². The van der Waals surface area contributed by atoms with Crippen molar-refractivity contribution in [2.75, 3.05) is 19.7 Å². The van der Waals surface area contributed by atoms with E-state index >= 15 is 0 Å². The summed E-state index contributed by atoms with van der Waals surface area (Å²) in [5.74, 6) is -1.77. The number of hydrogen-bond donors (Lipinski definition) is 3. The molecule has 1 rings (SSSR count). The SMILES string of the molecule is CCOc1ccccc1C(=O)NCC(=O)NCC(CC(C)C)C(=O)O. The fourth-order valence-electron chi connectivity index (χ4n) is 2.33. The van der Waals surface area contributed by atoms with E-state index in [9.17, 15) is 14.4 Å². The Labute approximate surface area is 147 Å². The molecular weight excluding hydrogens is 324 g/mol. The van der Waals surface area contributed by atoms with Gasteiger partial charge >= 0.3 is 5.97 Å². The number of rotatable bonds is 10. The van der Waals surface area contributed by atoms with Crippen LogP contribution in [0.25, 0.3) is 0 Å². The lowest BCUT2D eigenvalue weighted by atomic mass is 9.97. The topological polar surface area (TPSA) is 105 Å². The maximum absolute atomic E-state index is 12.2. The molecule has 0 saturated carbocycles. The van der Waals surface area contributed by atoms with Gasteiger partial charge in [0.15, 0.2) is 0 Å². The number of benzene rings is 1. The van der Waals surface area contributed by atoms with E-state index in [2.05, 4.69) is 10.6 Å². The van der Waals surface area contributed by atoms with Gasteiger partial charge in [-0.25, -0.2) is 0 Å². The van der Waals surface area contributed by atoms with Crippen LogP contribution in [0.15, 0.2) is 24.3 Å². The van der Waals surface area contributed by atoms with Gasteiger partial charge in [-0.3, -0.25) is 14.4 Å². The van der Waals surface area contributed by atoms with Gasteiger partial charge in [-0.05, 0) is 31.4 Å². The van der Waals surface area contributed by atoms with E-state index in [1.54, 1.807) is 24.3 Å². The summed E-state index contributed by atoms with van der Waals surface area (Å²) in [6.45, 7) is 5.90. The highest BCUT2D eigenvalue weighted by molar-refractivity contribution is 5.98. The first kappa shape index (κ1) is 20.5. The van der Waals surface area contributed by atoms with Crippen LogP contribution < -0.4 is 15.4 Å². The van der Waals surface area contributed by atoms with Crippen LogP contribution >= 0.6 is 0 Å². The molecule has 1 atom stereocenters. The van der Waals surface area contributed by atoms with Crippen LogP contribution in [0.5, 0.6) is 5.75 Å². The number of aliphatic carboxylic acids is 1.